The van der Waals surface area contributed by atoms with E-state index in [2.05, 4.69) is 0 Å². The SMILES string of the molecule is O=C[C@H](OC1O[C@H](CO)[C@@H](O)[C@@H]1O)[C@H](O)[C@H](O)CO. The van der Waals surface area contributed by atoms with Crippen LogP contribution in [-0.2, 0) is 14.3 Å². The van der Waals surface area contributed by atoms with E-state index in [1.165, 1.54) is 0 Å². The minimum Gasteiger partial charge on any atom is -0.394 e. The minimum absolute atomic E-state index is 0.165. The predicted molar refractivity (Wildman–Crippen MR) is 57.8 cm³/mol. The fourth-order valence-corrected chi connectivity index (χ4v) is 1.65. The standard InChI is InChI=1S/C10H18O9/c11-1-4(14)7(15)5(2-12)18-10-9(17)8(16)6(3-13)19-10/h2,4-11,13-17H,1,3H2/t4-,5+,6-,7-,8-,9+,10?/m1/s1. The van der Waals surface area contributed by atoms with Gasteiger partial charge in [0.25, 0.3) is 0 Å². The van der Waals surface area contributed by atoms with Crippen LogP contribution >= 0.6 is 0 Å². The molecule has 19 heavy (non-hydrogen) atoms. The first-order valence-corrected chi connectivity index (χ1v) is 5.66. The molecule has 1 fully saturated rings. The Labute approximate surface area is 108 Å². The normalized spacial score (nSPS) is 35.9. The van der Waals surface area contributed by atoms with E-state index in [-0.39, 0.29) is 6.29 Å². The highest BCUT2D eigenvalue weighted by atomic mass is 16.7. The van der Waals surface area contributed by atoms with Crippen LogP contribution in [0.25, 0.3) is 0 Å². The second kappa shape index (κ2) is 7.22. The number of aliphatic hydroxyl groups is 6. The van der Waals surface area contributed by atoms with Crippen molar-refractivity contribution in [3.63, 3.8) is 0 Å². The molecule has 1 unspecified atom stereocenters. The van der Waals surface area contributed by atoms with Crippen LogP contribution in [-0.4, -0.2) is 93.1 Å². The van der Waals surface area contributed by atoms with E-state index < -0.39 is 56.1 Å². The Kier molecular flexibility index (Phi) is 6.23. The molecule has 0 saturated carbocycles. The van der Waals surface area contributed by atoms with Crippen molar-refractivity contribution in [2.75, 3.05) is 13.2 Å². The number of aliphatic hydroxyl groups excluding tert-OH is 6. The molecule has 0 aromatic heterocycles. The lowest BCUT2D eigenvalue weighted by Crippen LogP contribution is -2.45. The average molecular weight is 282 g/mol. The van der Waals surface area contributed by atoms with Gasteiger partial charge in [0.05, 0.1) is 13.2 Å². The molecule has 0 radical (unpaired) electrons. The molecule has 0 aromatic rings. The number of aldehydes is 1. The summed E-state index contributed by atoms with van der Waals surface area (Å²) in [5.74, 6) is 0. The summed E-state index contributed by atoms with van der Waals surface area (Å²) in [6.07, 6.45) is -10.2. The number of ether oxygens (including phenoxy) is 2. The van der Waals surface area contributed by atoms with E-state index in [1.807, 2.05) is 0 Å². The second-order valence-corrected chi connectivity index (χ2v) is 4.18. The minimum atomic E-state index is -1.72. The van der Waals surface area contributed by atoms with Gasteiger partial charge in [0, 0.05) is 0 Å². The lowest BCUT2D eigenvalue weighted by Gasteiger charge is -2.25. The van der Waals surface area contributed by atoms with Gasteiger partial charge in [-0.3, -0.25) is 0 Å². The summed E-state index contributed by atoms with van der Waals surface area (Å²) in [4.78, 5) is 10.8. The molecule has 1 aliphatic rings. The van der Waals surface area contributed by atoms with Crippen molar-refractivity contribution in [2.24, 2.45) is 0 Å². The number of hydrogen-bond acceptors (Lipinski definition) is 9. The summed E-state index contributed by atoms with van der Waals surface area (Å²) < 4.78 is 9.87. The predicted octanol–water partition coefficient (Wildman–Crippen LogP) is -4.28. The van der Waals surface area contributed by atoms with Gasteiger partial charge in [-0.15, -0.1) is 0 Å². The van der Waals surface area contributed by atoms with Gasteiger partial charge in [0.1, 0.15) is 36.6 Å². The topological polar surface area (TPSA) is 157 Å². The Hall–Kier alpha value is -0.650. The van der Waals surface area contributed by atoms with Crippen molar-refractivity contribution in [1.82, 2.24) is 0 Å². The van der Waals surface area contributed by atoms with E-state index in [0.29, 0.717) is 0 Å². The van der Waals surface area contributed by atoms with Gasteiger partial charge in [-0.2, -0.15) is 0 Å². The summed E-state index contributed by atoms with van der Waals surface area (Å²) >= 11 is 0. The molecule has 0 amide bonds. The summed E-state index contributed by atoms with van der Waals surface area (Å²) in [6.45, 7) is -1.35. The molecule has 0 bridgehead atoms. The van der Waals surface area contributed by atoms with Crippen LogP contribution in [0, 0.1) is 0 Å². The fourth-order valence-electron chi connectivity index (χ4n) is 1.65. The van der Waals surface area contributed by atoms with Crippen molar-refractivity contribution >= 4 is 6.29 Å². The van der Waals surface area contributed by atoms with Crippen LogP contribution in [0.1, 0.15) is 0 Å². The van der Waals surface area contributed by atoms with Crippen LogP contribution < -0.4 is 0 Å². The van der Waals surface area contributed by atoms with E-state index in [9.17, 15) is 25.2 Å². The molecule has 9 nitrogen and oxygen atoms in total. The molecule has 1 heterocycles. The van der Waals surface area contributed by atoms with Crippen LogP contribution in [0.3, 0.4) is 0 Å². The molecule has 1 rings (SSSR count). The van der Waals surface area contributed by atoms with Crippen LogP contribution in [0.4, 0.5) is 0 Å². The smallest absolute Gasteiger partial charge is 0.187 e. The maximum absolute atomic E-state index is 10.8. The number of hydrogen-bond donors (Lipinski definition) is 6. The highest BCUT2D eigenvalue weighted by Crippen LogP contribution is 2.23. The quantitative estimate of drug-likeness (QED) is 0.254. The zero-order valence-corrected chi connectivity index (χ0v) is 9.94. The molecule has 112 valence electrons. The van der Waals surface area contributed by atoms with E-state index >= 15 is 0 Å². The molecule has 0 aliphatic carbocycles. The van der Waals surface area contributed by atoms with Gasteiger partial charge in [-0.1, -0.05) is 0 Å². The highest BCUT2D eigenvalue weighted by Gasteiger charge is 2.45. The Morgan fingerprint density at radius 3 is 2.26 bits per heavy atom. The summed E-state index contributed by atoms with van der Waals surface area (Å²) in [5.41, 5.74) is 0. The first kappa shape index (κ1) is 16.4. The van der Waals surface area contributed by atoms with Gasteiger partial charge >= 0.3 is 0 Å². The van der Waals surface area contributed by atoms with Crippen molar-refractivity contribution < 1.29 is 44.9 Å². The van der Waals surface area contributed by atoms with Crippen molar-refractivity contribution in [3.8, 4) is 0 Å². The Bertz CT molecular complexity index is 286. The van der Waals surface area contributed by atoms with E-state index in [4.69, 9.17) is 19.7 Å². The Balaban J connectivity index is 2.64. The molecule has 1 aliphatic heterocycles. The summed E-state index contributed by atoms with van der Waals surface area (Å²) in [6, 6.07) is 0. The lowest BCUT2D eigenvalue weighted by atomic mass is 10.1. The number of carbonyl (C=O) groups excluding carboxylic acids is 1. The van der Waals surface area contributed by atoms with Crippen molar-refractivity contribution in [1.29, 1.82) is 0 Å². The first-order valence-electron chi connectivity index (χ1n) is 5.66. The Morgan fingerprint density at radius 1 is 1.21 bits per heavy atom. The van der Waals surface area contributed by atoms with Gasteiger partial charge < -0.3 is 44.9 Å². The zero-order valence-electron chi connectivity index (χ0n) is 9.94. The first-order chi connectivity index (χ1) is 8.96. The van der Waals surface area contributed by atoms with E-state index in [0.717, 1.165) is 0 Å². The lowest BCUT2D eigenvalue weighted by molar-refractivity contribution is -0.215. The van der Waals surface area contributed by atoms with Gasteiger partial charge in [0.15, 0.2) is 12.6 Å². The van der Waals surface area contributed by atoms with Gasteiger partial charge in [-0.25, -0.2) is 0 Å². The molecule has 7 atom stereocenters. The van der Waals surface area contributed by atoms with Crippen LogP contribution in [0.5, 0.6) is 0 Å². The largest absolute Gasteiger partial charge is 0.394 e. The molecule has 0 aromatic carbocycles. The highest BCUT2D eigenvalue weighted by molar-refractivity contribution is 5.57. The zero-order chi connectivity index (χ0) is 14.6. The van der Waals surface area contributed by atoms with Crippen LogP contribution in [0.2, 0.25) is 0 Å². The second-order valence-electron chi connectivity index (χ2n) is 4.18. The molecular formula is C10H18O9. The molecular weight excluding hydrogens is 264 g/mol. The van der Waals surface area contributed by atoms with Gasteiger partial charge in [0.2, 0.25) is 0 Å². The van der Waals surface area contributed by atoms with Crippen molar-refractivity contribution in [2.45, 2.75) is 42.9 Å². The maximum atomic E-state index is 10.8. The molecule has 0 spiro atoms. The third-order valence-electron chi connectivity index (χ3n) is 2.84. The Morgan fingerprint density at radius 2 is 1.84 bits per heavy atom. The van der Waals surface area contributed by atoms with Gasteiger partial charge in [-0.05, 0) is 0 Å². The number of rotatable bonds is 7. The number of carbonyl (C=O) groups is 1. The van der Waals surface area contributed by atoms with E-state index in [1.54, 1.807) is 0 Å². The maximum Gasteiger partial charge on any atom is 0.187 e. The molecule has 6 N–H and O–H groups in total. The van der Waals surface area contributed by atoms with Crippen LogP contribution in [0.15, 0.2) is 0 Å². The van der Waals surface area contributed by atoms with Crippen molar-refractivity contribution in [3.05, 3.63) is 0 Å². The molecule has 9 heteroatoms. The fraction of sp³-hybridized carbons (Fsp3) is 0.900. The summed E-state index contributed by atoms with van der Waals surface area (Å²) in [7, 11) is 0. The summed E-state index contributed by atoms with van der Waals surface area (Å²) in [5, 5.41) is 55.2. The molecule has 1 saturated heterocycles. The monoisotopic (exact) mass is 282 g/mol. The average Bonchev–Trinajstić information content (AvgIpc) is 2.70. The third-order valence-corrected chi connectivity index (χ3v) is 2.84. The third kappa shape index (κ3) is 3.68.